The van der Waals surface area contributed by atoms with Gasteiger partial charge in [-0.25, -0.2) is 9.97 Å². The molecule has 1 aliphatic rings. The molecule has 1 fully saturated rings. The molecule has 6 nitrogen and oxygen atoms in total. The van der Waals surface area contributed by atoms with Crippen molar-refractivity contribution in [3.05, 3.63) is 78.1 Å². The van der Waals surface area contributed by atoms with E-state index in [-0.39, 0.29) is 5.91 Å². The van der Waals surface area contributed by atoms with E-state index < -0.39 is 5.41 Å². The third-order valence-corrected chi connectivity index (χ3v) is 6.53. The summed E-state index contributed by atoms with van der Waals surface area (Å²) in [5, 5.41) is 0. The van der Waals surface area contributed by atoms with Gasteiger partial charge in [0.05, 0.1) is 5.41 Å². The van der Waals surface area contributed by atoms with Crippen LogP contribution in [0.1, 0.15) is 36.7 Å². The number of amides is 1. The number of pyridine rings is 1. The summed E-state index contributed by atoms with van der Waals surface area (Å²) < 4.78 is 0. The fraction of sp³-hybridized carbons (Fsp3) is 0.407. The quantitative estimate of drug-likeness (QED) is 0.552. The molecule has 172 valence electrons. The number of carbonyl (C=O) groups is 1. The first-order valence-electron chi connectivity index (χ1n) is 11.7. The van der Waals surface area contributed by atoms with Crippen LogP contribution in [-0.4, -0.2) is 57.8 Å². The number of aryl methyl sites for hydroxylation is 1. The second-order valence-electron chi connectivity index (χ2n) is 9.23. The minimum Gasteiger partial charge on any atom is -0.348 e. The summed E-state index contributed by atoms with van der Waals surface area (Å²) in [6.07, 6.45) is 10.9. The summed E-state index contributed by atoms with van der Waals surface area (Å²) in [6.45, 7) is 4.53. The van der Waals surface area contributed by atoms with Crippen LogP contribution in [-0.2, 0) is 24.2 Å². The number of rotatable bonds is 7. The number of aromatic nitrogens is 3. The first kappa shape index (κ1) is 23.1. The van der Waals surface area contributed by atoms with Crippen molar-refractivity contribution in [2.45, 2.75) is 39.2 Å². The predicted octanol–water partition coefficient (Wildman–Crippen LogP) is 4.01. The number of likely N-dealkylation sites (tertiary alicyclic amines) is 1. The van der Waals surface area contributed by atoms with E-state index >= 15 is 0 Å². The molecule has 1 aromatic carbocycles. The van der Waals surface area contributed by atoms with E-state index in [0.29, 0.717) is 6.42 Å². The Hall–Kier alpha value is -3.12. The Morgan fingerprint density at radius 1 is 1.09 bits per heavy atom. The van der Waals surface area contributed by atoms with Crippen molar-refractivity contribution in [2.75, 3.05) is 27.2 Å². The van der Waals surface area contributed by atoms with Crippen LogP contribution in [0.25, 0.3) is 11.1 Å². The molecular formula is C27H33N5O. The van der Waals surface area contributed by atoms with Gasteiger partial charge in [0.2, 0.25) is 5.91 Å². The minimum atomic E-state index is -0.463. The van der Waals surface area contributed by atoms with Crippen LogP contribution in [0.15, 0.2) is 61.2 Å². The van der Waals surface area contributed by atoms with Gasteiger partial charge in [0.1, 0.15) is 5.82 Å². The zero-order valence-corrected chi connectivity index (χ0v) is 19.9. The maximum atomic E-state index is 13.6. The smallest absolute Gasteiger partial charge is 0.229 e. The zero-order chi connectivity index (χ0) is 23.3. The molecule has 0 N–H and O–H groups in total. The Balaban J connectivity index is 1.62. The number of hydrogen-bond donors (Lipinski definition) is 0. The Bertz CT molecular complexity index is 1070. The molecule has 0 spiro atoms. The van der Waals surface area contributed by atoms with Crippen molar-refractivity contribution in [3.8, 4) is 11.1 Å². The predicted molar refractivity (Wildman–Crippen MR) is 130 cm³/mol. The Labute approximate surface area is 196 Å². The van der Waals surface area contributed by atoms with Crippen LogP contribution in [0.5, 0.6) is 0 Å². The molecular weight excluding hydrogens is 410 g/mol. The highest BCUT2D eigenvalue weighted by Crippen LogP contribution is 2.38. The highest BCUT2D eigenvalue weighted by atomic mass is 16.2. The molecule has 3 heterocycles. The number of carbonyl (C=O) groups excluding carboxylic acids is 1. The van der Waals surface area contributed by atoms with Crippen molar-refractivity contribution in [3.63, 3.8) is 0 Å². The van der Waals surface area contributed by atoms with E-state index in [2.05, 4.69) is 51.0 Å². The van der Waals surface area contributed by atoms with Crippen LogP contribution >= 0.6 is 0 Å². The fourth-order valence-corrected chi connectivity index (χ4v) is 4.99. The molecule has 0 radical (unpaired) electrons. The van der Waals surface area contributed by atoms with Gasteiger partial charge in [0.15, 0.2) is 0 Å². The summed E-state index contributed by atoms with van der Waals surface area (Å²) >= 11 is 0. The first-order valence-corrected chi connectivity index (χ1v) is 11.7. The van der Waals surface area contributed by atoms with Gasteiger partial charge in [-0.15, -0.1) is 0 Å². The van der Waals surface area contributed by atoms with Gasteiger partial charge in [-0.2, -0.15) is 0 Å². The van der Waals surface area contributed by atoms with E-state index in [9.17, 15) is 4.79 Å². The van der Waals surface area contributed by atoms with Crippen molar-refractivity contribution in [1.29, 1.82) is 0 Å². The Morgan fingerprint density at radius 2 is 1.82 bits per heavy atom. The summed E-state index contributed by atoms with van der Waals surface area (Å²) in [4.78, 5) is 30.9. The lowest BCUT2D eigenvalue weighted by atomic mass is 9.73. The second kappa shape index (κ2) is 10.2. The summed E-state index contributed by atoms with van der Waals surface area (Å²) in [7, 11) is 3.74. The highest BCUT2D eigenvalue weighted by Gasteiger charge is 2.43. The van der Waals surface area contributed by atoms with Crippen LogP contribution in [0.4, 0.5) is 0 Å². The van der Waals surface area contributed by atoms with Gasteiger partial charge < -0.3 is 4.90 Å². The molecule has 1 saturated heterocycles. The van der Waals surface area contributed by atoms with Gasteiger partial charge >= 0.3 is 0 Å². The molecule has 4 rings (SSSR count). The first-order chi connectivity index (χ1) is 16.0. The molecule has 1 aliphatic heterocycles. The number of nitrogens with zero attached hydrogens (tertiary/aromatic N) is 5. The largest absolute Gasteiger partial charge is 0.348 e. The average Bonchev–Trinajstić information content (AvgIpc) is 2.85. The monoisotopic (exact) mass is 443 g/mol. The lowest BCUT2D eigenvalue weighted by Crippen LogP contribution is -2.52. The van der Waals surface area contributed by atoms with Gasteiger partial charge in [-0.3, -0.25) is 14.7 Å². The van der Waals surface area contributed by atoms with E-state index in [1.54, 1.807) is 4.90 Å². The number of hydrogen-bond acceptors (Lipinski definition) is 5. The van der Waals surface area contributed by atoms with Gasteiger partial charge in [0, 0.05) is 64.0 Å². The van der Waals surface area contributed by atoms with Crippen LogP contribution in [0, 0.1) is 5.41 Å². The molecule has 0 bridgehead atoms. The lowest BCUT2D eigenvalue weighted by molar-refractivity contribution is -0.143. The average molecular weight is 444 g/mol. The summed E-state index contributed by atoms with van der Waals surface area (Å²) in [5.74, 6) is 1.07. The number of piperidine rings is 1. The van der Waals surface area contributed by atoms with Gasteiger partial charge in [-0.05, 0) is 54.6 Å². The fourth-order valence-electron chi connectivity index (χ4n) is 4.99. The van der Waals surface area contributed by atoms with E-state index in [1.807, 2.05) is 51.0 Å². The normalized spacial score (nSPS) is 18.8. The third-order valence-electron chi connectivity index (χ3n) is 6.53. The maximum Gasteiger partial charge on any atom is 0.229 e. The van der Waals surface area contributed by atoms with Crippen molar-refractivity contribution in [2.24, 2.45) is 5.41 Å². The van der Waals surface area contributed by atoms with E-state index in [0.717, 1.165) is 55.8 Å². The van der Waals surface area contributed by atoms with Gasteiger partial charge in [0.25, 0.3) is 0 Å². The molecule has 0 aliphatic carbocycles. The molecule has 0 saturated carbocycles. The number of benzene rings is 1. The van der Waals surface area contributed by atoms with Crippen molar-refractivity contribution >= 4 is 5.91 Å². The highest BCUT2D eigenvalue weighted by molar-refractivity contribution is 5.83. The molecule has 0 unspecified atom stereocenters. The molecule has 2 aromatic heterocycles. The maximum absolute atomic E-state index is 13.6. The van der Waals surface area contributed by atoms with Crippen LogP contribution in [0.3, 0.4) is 0 Å². The van der Waals surface area contributed by atoms with Crippen molar-refractivity contribution < 1.29 is 4.79 Å². The topological polar surface area (TPSA) is 62.2 Å². The minimum absolute atomic E-state index is 0.203. The van der Waals surface area contributed by atoms with Crippen molar-refractivity contribution in [1.82, 2.24) is 24.8 Å². The molecule has 33 heavy (non-hydrogen) atoms. The molecule has 1 atom stereocenters. The Morgan fingerprint density at radius 3 is 2.52 bits per heavy atom. The third kappa shape index (κ3) is 5.28. The standard InChI is InChI=1S/C27H33N5O/c1-4-25-29-17-21(18-30-25)19-32-15-7-12-27(20-32,26(33)31(2)3)16-23-8-5-6-9-24(23)22-10-13-28-14-11-22/h5-6,8-11,13-14,17-18H,4,7,12,15-16,19-20H2,1-3H3/t27-/m0/s1. The lowest BCUT2D eigenvalue weighted by Gasteiger charge is -2.43. The van der Waals surface area contributed by atoms with E-state index in [4.69, 9.17) is 0 Å². The SMILES string of the molecule is CCc1ncc(CN2CCC[C@@](Cc3ccccc3-c3ccncc3)(C(=O)N(C)C)C2)cn1. The van der Waals surface area contributed by atoms with Crippen LogP contribution in [0.2, 0.25) is 0 Å². The molecule has 6 heteroatoms. The van der Waals surface area contributed by atoms with Gasteiger partial charge in [-0.1, -0.05) is 31.2 Å². The second-order valence-corrected chi connectivity index (χ2v) is 9.23. The van der Waals surface area contributed by atoms with Crippen LogP contribution < -0.4 is 0 Å². The molecule has 3 aromatic rings. The molecule has 1 amide bonds. The summed E-state index contributed by atoms with van der Waals surface area (Å²) in [5.41, 5.74) is 4.14. The zero-order valence-electron chi connectivity index (χ0n) is 19.9. The van der Waals surface area contributed by atoms with E-state index in [1.165, 1.54) is 11.1 Å². The summed E-state index contributed by atoms with van der Waals surface area (Å²) in [6, 6.07) is 12.5. The Kier molecular flexibility index (Phi) is 7.14.